The minimum absolute atomic E-state index is 0.0709. The third-order valence-corrected chi connectivity index (χ3v) is 3.06. The number of para-hydroxylation sites is 1. The van der Waals surface area contributed by atoms with Crippen LogP contribution in [-0.2, 0) is 6.54 Å². The van der Waals surface area contributed by atoms with Gasteiger partial charge >= 0.3 is 12.3 Å². The Hall–Kier alpha value is -1.08. The zero-order valence-corrected chi connectivity index (χ0v) is 10.3. The summed E-state index contributed by atoms with van der Waals surface area (Å²) < 4.78 is 51.4. The quantitative estimate of drug-likeness (QED) is 0.663. The molecule has 0 radical (unpaired) electrons. The van der Waals surface area contributed by atoms with Crippen molar-refractivity contribution in [2.24, 2.45) is 0 Å². The monoisotopic (exact) mass is 298 g/mol. The van der Waals surface area contributed by atoms with Gasteiger partial charge in [-0.2, -0.15) is 8.78 Å². The van der Waals surface area contributed by atoms with Crippen molar-refractivity contribution in [3.8, 4) is 0 Å². The lowest BCUT2D eigenvalue weighted by molar-refractivity contribution is -0.137. The number of halogens is 5. The summed E-state index contributed by atoms with van der Waals surface area (Å²) in [7, 11) is 0. The highest BCUT2D eigenvalue weighted by Crippen LogP contribution is 2.29. The number of H-pyrrole nitrogens is 1. The molecule has 2 rings (SSSR count). The number of hydrogen-bond acceptors (Lipinski definition) is 1. The summed E-state index contributed by atoms with van der Waals surface area (Å²) in [5, 5.41) is 0.171. The van der Waals surface area contributed by atoms with E-state index < -0.39 is 18.9 Å². The molecule has 0 fully saturated rings. The SMILES string of the molecule is FC(F)C(F)(F)Cn1c(=S)[nH]c2cccc(Cl)c21. The van der Waals surface area contributed by atoms with Crippen LogP contribution in [0.15, 0.2) is 18.2 Å². The van der Waals surface area contributed by atoms with Gasteiger partial charge in [0, 0.05) is 0 Å². The summed E-state index contributed by atoms with van der Waals surface area (Å²) in [4.78, 5) is 2.64. The van der Waals surface area contributed by atoms with Crippen LogP contribution < -0.4 is 0 Å². The van der Waals surface area contributed by atoms with E-state index in [1.807, 2.05) is 0 Å². The Morgan fingerprint density at radius 3 is 2.67 bits per heavy atom. The molecule has 98 valence electrons. The van der Waals surface area contributed by atoms with Gasteiger partial charge in [0.05, 0.1) is 22.6 Å². The zero-order chi connectivity index (χ0) is 13.5. The van der Waals surface area contributed by atoms with Crippen molar-refractivity contribution in [1.82, 2.24) is 9.55 Å². The smallest absolute Gasteiger partial charge is 0.324 e. The maximum Gasteiger partial charge on any atom is 0.324 e. The van der Waals surface area contributed by atoms with E-state index >= 15 is 0 Å². The Labute approximate surface area is 109 Å². The molecule has 0 aliphatic carbocycles. The molecule has 2 aromatic rings. The Kier molecular flexibility index (Phi) is 3.37. The van der Waals surface area contributed by atoms with E-state index in [1.165, 1.54) is 6.07 Å². The third-order valence-electron chi connectivity index (χ3n) is 2.43. The molecule has 0 saturated heterocycles. The highest BCUT2D eigenvalue weighted by molar-refractivity contribution is 7.71. The predicted molar refractivity (Wildman–Crippen MR) is 63.1 cm³/mol. The largest absolute Gasteiger partial charge is 0.331 e. The number of benzene rings is 1. The van der Waals surface area contributed by atoms with Gasteiger partial charge in [-0.1, -0.05) is 17.7 Å². The fourth-order valence-electron chi connectivity index (χ4n) is 1.61. The number of aromatic amines is 1. The molecule has 0 spiro atoms. The summed E-state index contributed by atoms with van der Waals surface area (Å²) in [6, 6.07) is 4.66. The van der Waals surface area contributed by atoms with Gasteiger partial charge < -0.3 is 9.55 Å². The van der Waals surface area contributed by atoms with Crippen molar-refractivity contribution in [2.45, 2.75) is 18.9 Å². The van der Waals surface area contributed by atoms with Gasteiger partial charge in [0.2, 0.25) is 0 Å². The van der Waals surface area contributed by atoms with E-state index in [1.54, 1.807) is 12.1 Å². The van der Waals surface area contributed by atoms with Crippen LogP contribution in [0.2, 0.25) is 5.02 Å². The molecule has 1 aromatic heterocycles. The van der Waals surface area contributed by atoms with Gasteiger partial charge in [0.15, 0.2) is 4.77 Å². The second-order valence-corrected chi connectivity index (χ2v) is 4.51. The van der Waals surface area contributed by atoms with E-state index in [0.717, 1.165) is 4.57 Å². The van der Waals surface area contributed by atoms with Crippen LogP contribution in [0.3, 0.4) is 0 Å². The standard InChI is InChI=1S/C10H7ClF4N2S/c11-5-2-1-3-6-7(5)17(9(18)16-6)4-10(14,15)8(12)13/h1-3,8H,4H2,(H,16,18). The second kappa shape index (κ2) is 4.55. The van der Waals surface area contributed by atoms with Gasteiger partial charge in [0.1, 0.15) is 0 Å². The summed E-state index contributed by atoms with van der Waals surface area (Å²) in [5.41, 5.74) is 0.627. The van der Waals surface area contributed by atoms with Gasteiger partial charge in [-0.05, 0) is 24.4 Å². The van der Waals surface area contributed by atoms with Crippen LogP contribution in [0.4, 0.5) is 17.6 Å². The average molecular weight is 299 g/mol. The number of aromatic nitrogens is 2. The molecule has 8 heteroatoms. The van der Waals surface area contributed by atoms with Gasteiger partial charge in [-0.3, -0.25) is 0 Å². The van der Waals surface area contributed by atoms with E-state index in [-0.39, 0.29) is 15.3 Å². The average Bonchev–Trinajstić information content (AvgIpc) is 2.56. The first-order chi connectivity index (χ1) is 8.33. The van der Waals surface area contributed by atoms with Crippen molar-refractivity contribution in [2.75, 3.05) is 0 Å². The van der Waals surface area contributed by atoms with Crippen LogP contribution in [0, 0.1) is 4.77 Å². The Bertz CT molecular complexity index is 634. The Morgan fingerprint density at radius 2 is 2.06 bits per heavy atom. The number of rotatable bonds is 3. The van der Waals surface area contributed by atoms with Gasteiger partial charge in [-0.15, -0.1) is 0 Å². The fourth-order valence-corrected chi connectivity index (χ4v) is 2.15. The molecule has 0 aliphatic rings. The Morgan fingerprint density at radius 1 is 1.39 bits per heavy atom. The number of imidazole rings is 1. The first kappa shape index (κ1) is 13.4. The normalized spacial score (nSPS) is 12.6. The maximum absolute atomic E-state index is 13.1. The number of alkyl halides is 4. The lowest BCUT2D eigenvalue weighted by Crippen LogP contribution is -2.32. The lowest BCUT2D eigenvalue weighted by atomic mass is 10.3. The molecule has 0 amide bonds. The number of nitrogens with zero attached hydrogens (tertiary/aromatic N) is 1. The molecule has 0 saturated carbocycles. The summed E-state index contributed by atoms with van der Waals surface area (Å²) in [6.07, 6.45) is -3.76. The number of hydrogen-bond donors (Lipinski definition) is 1. The van der Waals surface area contributed by atoms with Crippen molar-refractivity contribution < 1.29 is 17.6 Å². The lowest BCUT2D eigenvalue weighted by Gasteiger charge is -2.16. The fraction of sp³-hybridized carbons (Fsp3) is 0.300. The first-order valence-corrected chi connectivity index (χ1v) is 5.64. The predicted octanol–water partition coefficient (Wildman–Crippen LogP) is 4.25. The molecule has 0 unspecified atom stereocenters. The molecule has 0 bridgehead atoms. The topological polar surface area (TPSA) is 20.7 Å². The van der Waals surface area contributed by atoms with Crippen molar-refractivity contribution in [3.63, 3.8) is 0 Å². The van der Waals surface area contributed by atoms with E-state index in [4.69, 9.17) is 23.8 Å². The maximum atomic E-state index is 13.1. The van der Waals surface area contributed by atoms with Crippen molar-refractivity contribution in [1.29, 1.82) is 0 Å². The zero-order valence-electron chi connectivity index (χ0n) is 8.76. The van der Waals surface area contributed by atoms with E-state index in [0.29, 0.717) is 5.52 Å². The van der Waals surface area contributed by atoms with Crippen molar-refractivity contribution >= 4 is 34.9 Å². The summed E-state index contributed by atoms with van der Waals surface area (Å²) >= 11 is 10.7. The molecule has 0 aliphatic heterocycles. The Balaban J connectivity index is 2.58. The summed E-state index contributed by atoms with van der Waals surface area (Å²) in [6.45, 7) is -1.22. The highest BCUT2D eigenvalue weighted by Gasteiger charge is 2.41. The van der Waals surface area contributed by atoms with Crippen LogP contribution >= 0.6 is 23.8 Å². The van der Waals surface area contributed by atoms with Crippen LogP contribution in [-0.4, -0.2) is 21.9 Å². The molecular weight excluding hydrogens is 292 g/mol. The van der Waals surface area contributed by atoms with Crippen molar-refractivity contribution in [3.05, 3.63) is 28.0 Å². The highest BCUT2D eigenvalue weighted by atomic mass is 35.5. The number of nitrogens with one attached hydrogen (secondary N) is 1. The van der Waals surface area contributed by atoms with Crippen LogP contribution in [0.5, 0.6) is 0 Å². The first-order valence-electron chi connectivity index (χ1n) is 4.86. The molecule has 1 N–H and O–H groups in total. The van der Waals surface area contributed by atoms with Crippen LogP contribution in [0.25, 0.3) is 11.0 Å². The van der Waals surface area contributed by atoms with E-state index in [9.17, 15) is 17.6 Å². The molecule has 2 nitrogen and oxygen atoms in total. The minimum atomic E-state index is -4.16. The second-order valence-electron chi connectivity index (χ2n) is 3.71. The minimum Gasteiger partial charge on any atom is -0.331 e. The molecule has 0 atom stereocenters. The van der Waals surface area contributed by atoms with E-state index in [2.05, 4.69) is 4.98 Å². The molecule has 1 aromatic carbocycles. The molecule has 1 heterocycles. The third kappa shape index (κ3) is 2.24. The van der Waals surface area contributed by atoms with Gasteiger partial charge in [-0.25, -0.2) is 8.78 Å². The number of fused-ring (bicyclic) bond motifs is 1. The van der Waals surface area contributed by atoms with Gasteiger partial charge in [0.25, 0.3) is 0 Å². The molecule has 18 heavy (non-hydrogen) atoms. The summed E-state index contributed by atoms with van der Waals surface area (Å²) in [5.74, 6) is -4.16. The van der Waals surface area contributed by atoms with Crippen LogP contribution in [0.1, 0.15) is 0 Å². The molecular formula is C10H7ClF4N2S.